The van der Waals surface area contributed by atoms with Crippen molar-refractivity contribution < 1.29 is 4.74 Å². The van der Waals surface area contributed by atoms with Gasteiger partial charge in [-0.2, -0.15) is 0 Å². The molecule has 1 nitrogen and oxygen atoms in total. The van der Waals surface area contributed by atoms with E-state index in [1.807, 2.05) is 17.4 Å². The topological polar surface area (TPSA) is 9.23 Å². The van der Waals surface area contributed by atoms with E-state index in [0.29, 0.717) is 6.42 Å². The molecule has 0 saturated heterocycles. The summed E-state index contributed by atoms with van der Waals surface area (Å²) < 4.78 is 9.27. The van der Waals surface area contributed by atoms with Gasteiger partial charge in [-0.3, -0.25) is 0 Å². The lowest BCUT2D eigenvalue weighted by atomic mass is 9.85. The molecule has 286 valence electrons. The van der Waals surface area contributed by atoms with E-state index in [-0.39, 0.29) is 0 Å². The highest BCUT2D eigenvalue weighted by atomic mass is 32.1. The van der Waals surface area contributed by atoms with Crippen LogP contribution >= 0.6 is 11.3 Å². The summed E-state index contributed by atoms with van der Waals surface area (Å²) in [5.41, 5.74) is 10.7. The standard InChI is InChI=1S/C57H46OS/c1-4-41-37-45(58-57(41)51-38-52-46-26-20-21-31-53(46)59-54(52)36-40(51)3)35-32-39(2)42-22-12-10-11-15-25-44(34-33-42)56-49-29-18-16-27-47(49)55(48-28-17-19-30-50(48)56)43-23-13-8-6-5-7-9-14-24-43/h4-6,8-22,24-36,38H,1,7,23,37H2,2-3H3/b6-5-,11-10?,12-10?,13-8-,14-9-,15-11?,22-12?,25-15?,34-33?,39-32+,42-22?,42-33?,43-24+,44-25?,44-34?,45-35+. The summed E-state index contributed by atoms with van der Waals surface area (Å²) in [5.74, 6) is 1.82. The minimum atomic E-state index is 0.702. The second-order valence-corrected chi connectivity index (χ2v) is 16.3. The van der Waals surface area contributed by atoms with E-state index in [9.17, 15) is 0 Å². The van der Waals surface area contributed by atoms with Crippen molar-refractivity contribution in [2.45, 2.75) is 33.1 Å². The molecule has 0 spiro atoms. The molecule has 2 aliphatic rings. The fourth-order valence-electron chi connectivity index (χ4n) is 8.40. The lowest BCUT2D eigenvalue weighted by molar-refractivity contribution is 0.396. The molecule has 59 heavy (non-hydrogen) atoms. The highest BCUT2D eigenvalue weighted by Gasteiger charge is 2.23. The predicted octanol–water partition coefficient (Wildman–Crippen LogP) is 16.6. The Bertz CT molecular complexity index is 3020. The van der Waals surface area contributed by atoms with E-state index < -0.39 is 0 Å². The number of benzene rings is 5. The number of hydrogen-bond acceptors (Lipinski definition) is 2. The average molecular weight is 779 g/mol. The van der Waals surface area contributed by atoms with Crippen LogP contribution in [0.1, 0.15) is 48.4 Å². The summed E-state index contributed by atoms with van der Waals surface area (Å²) in [6, 6.07) is 48.5. The van der Waals surface area contributed by atoms with Crippen LogP contribution in [0.25, 0.3) is 69.7 Å². The maximum Gasteiger partial charge on any atom is 0.138 e. The van der Waals surface area contributed by atoms with Gasteiger partial charge >= 0.3 is 0 Å². The molecule has 0 saturated carbocycles. The third kappa shape index (κ3) is 7.68. The largest absolute Gasteiger partial charge is 0.460 e. The Morgan fingerprint density at radius 2 is 1.31 bits per heavy atom. The SMILES string of the molecule is C=CC1=C(c2cc3c(cc2C)sc2ccccc23)O/C(=C/C=C(\C)c2ccccccc(-c3c4ccccc4c(/C4=C/C=C\C/C=C\C=C/C4)c4ccccc34)cc2)C1. The number of hydrogen-bond donors (Lipinski definition) is 0. The van der Waals surface area contributed by atoms with Crippen molar-refractivity contribution in [2.75, 3.05) is 0 Å². The summed E-state index contributed by atoms with van der Waals surface area (Å²) in [7, 11) is 0. The molecular weight excluding hydrogens is 733 g/mol. The zero-order chi connectivity index (χ0) is 40.1. The molecule has 2 heterocycles. The minimum Gasteiger partial charge on any atom is -0.460 e. The van der Waals surface area contributed by atoms with Crippen molar-refractivity contribution in [1.29, 1.82) is 0 Å². The van der Waals surface area contributed by atoms with Crippen molar-refractivity contribution in [2.24, 2.45) is 0 Å². The van der Waals surface area contributed by atoms with Crippen LogP contribution in [0, 0.1) is 6.92 Å². The fraction of sp³-hybridized carbons (Fsp3) is 0.0877. The quantitative estimate of drug-likeness (QED) is 0.153. The number of rotatable bonds is 6. The fourth-order valence-corrected chi connectivity index (χ4v) is 9.58. The third-order valence-electron chi connectivity index (χ3n) is 11.4. The second-order valence-electron chi connectivity index (χ2n) is 15.2. The molecule has 1 aliphatic carbocycles. The highest BCUT2D eigenvalue weighted by Crippen LogP contribution is 2.44. The minimum absolute atomic E-state index is 0.702. The number of thiophene rings is 1. The van der Waals surface area contributed by atoms with E-state index in [0.717, 1.165) is 52.2 Å². The summed E-state index contributed by atoms with van der Waals surface area (Å²) in [5, 5.41) is 7.57. The molecule has 0 fully saturated rings. The highest BCUT2D eigenvalue weighted by molar-refractivity contribution is 7.25. The van der Waals surface area contributed by atoms with Crippen LogP contribution in [-0.2, 0) is 4.74 Å². The van der Waals surface area contributed by atoms with Gasteiger partial charge in [0.2, 0.25) is 0 Å². The van der Waals surface area contributed by atoms with Crippen LogP contribution in [0.15, 0.2) is 212 Å². The molecule has 9 rings (SSSR count). The lowest BCUT2D eigenvalue weighted by Gasteiger charge is -2.18. The molecule has 0 N–H and O–H groups in total. The van der Waals surface area contributed by atoms with Crippen molar-refractivity contribution in [1.82, 2.24) is 0 Å². The Kier molecular flexibility index (Phi) is 10.9. The van der Waals surface area contributed by atoms with E-state index in [2.05, 4.69) is 209 Å². The molecule has 0 atom stereocenters. The number of ether oxygens (including phenoxy) is 1. The van der Waals surface area contributed by atoms with Gasteiger partial charge in [-0.1, -0.05) is 177 Å². The van der Waals surface area contributed by atoms with Crippen LogP contribution in [0.2, 0.25) is 0 Å². The Balaban J connectivity index is 1.09. The molecule has 7 aromatic rings. The molecule has 6 aromatic carbocycles. The summed E-state index contributed by atoms with van der Waals surface area (Å²) in [6.07, 6.45) is 24.2. The molecule has 2 heteroatoms. The normalized spacial score (nSPS) is 17.8. The van der Waals surface area contributed by atoms with Gasteiger partial charge in [-0.05, 0) is 111 Å². The average Bonchev–Trinajstić information content (AvgIpc) is 3.85. The van der Waals surface area contributed by atoms with E-state index >= 15 is 0 Å². The first-order valence-electron chi connectivity index (χ1n) is 20.5. The molecule has 0 bridgehead atoms. The monoisotopic (exact) mass is 778 g/mol. The maximum atomic E-state index is 6.67. The Morgan fingerprint density at radius 3 is 2.07 bits per heavy atom. The zero-order valence-corrected chi connectivity index (χ0v) is 34.4. The van der Waals surface area contributed by atoms with Crippen molar-refractivity contribution in [3.8, 4) is 11.1 Å². The van der Waals surface area contributed by atoms with Crippen molar-refractivity contribution in [3.05, 3.63) is 234 Å². The van der Waals surface area contributed by atoms with Crippen LogP contribution in [0.5, 0.6) is 0 Å². The van der Waals surface area contributed by atoms with Gasteiger partial charge in [0.25, 0.3) is 0 Å². The first-order chi connectivity index (χ1) is 29.1. The van der Waals surface area contributed by atoms with Gasteiger partial charge in [-0.25, -0.2) is 0 Å². The molecule has 1 aliphatic heterocycles. The Labute approximate surface area is 351 Å². The van der Waals surface area contributed by atoms with Crippen LogP contribution in [0.3, 0.4) is 0 Å². The Morgan fingerprint density at radius 1 is 0.644 bits per heavy atom. The first-order valence-corrected chi connectivity index (χ1v) is 21.3. The summed E-state index contributed by atoms with van der Waals surface area (Å²) in [6.45, 7) is 8.53. The third-order valence-corrected chi connectivity index (χ3v) is 12.5. The van der Waals surface area contributed by atoms with Crippen LogP contribution < -0.4 is 0 Å². The molecule has 0 amide bonds. The van der Waals surface area contributed by atoms with Crippen molar-refractivity contribution >= 4 is 70.0 Å². The summed E-state index contributed by atoms with van der Waals surface area (Å²) in [4.78, 5) is 0. The zero-order valence-electron chi connectivity index (χ0n) is 33.6. The van der Waals surface area contributed by atoms with Crippen LogP contribution in [-0.4, -0.2) is 0 Å². The summed E-state index contributed by atoms with van der Waals surface area (Å²) >= 11 is 1.85. The molecular formula is C57H46OS. The van der Waals surface area contributed by atoms with Crippen molar-refractivity contribution in [3.63, 3.8) is 0 Å². The van der Waals surface area contributed by atoms with Gasteiger partial charge in [0, 0.05) is 37.7 Å². The van der Waals surface area contributed by atoms with Crippen LogP contribution in [0.4, 0.5) is 0 Å². The maximum absolute atomic E-state index is 6.67. The second kappa shape index (κ2) is 17.0. The lowest BCUT2D eigenvalue weighted by Crippen LogP contribution is -1.93. The first kappa shape index (κ1) is 37.8. The smallest absolute Gasteiger partial charge is 0.138 e. The van der Waals surface area contributed by atoms with Gasteiger partial charge in [0.1, 0.15) is 11.5 Å². The van der Waals surface area contributed by atoms with E-state index in [4.69, 9.17) is 4.74 Å². The number of aryl methyl sites for hydroxylation is 1. The molecule has 1 aromatic heterocycles. The molecule has 0 unspecified atom stereocenters. The van der Waals surface area contributed by atoms with Gasteiger partial charge in [0.05, 0.1) is 0 Å². The van der Waals surface area contributed by atoms with Gasteiger partial charge in [0.15, 0.2) is 0 Å². The number of fused-ring (bicyclic) bond motifs is 5. The van der Waals surface area contributed by atoms with Gasteiger partial charge < -0.3 is 4.74 Å². The molecule has 0 radical (unpaired) electrons. The van der Waals surface area contributed by atoms with Gasteiger partial charge in [-0.15, -0.1) is 11.3 Å². The van der Waals surface area contributed by atoms with E-state index in [1.54, 1.807) is 0 Å². The Hall–Kier alpha value is -6.74. The predicted molar refractivity (Wildman–Crippen MR) is 258 cm³/mol. The number of allylic oxidation sites excluding steroid dienone is 13. The van der Waals surface area contributed by atoms with E-state index in [1.165, 1.54) is 64.0 Å².